The summed E-state index contributed by atoms with van der Waals surface area (Å²) in [5.74, 6) is 1.33. The van der Waals surface area contributed by atoms with Crippen LogP contribution < -0.4 is 4.68 Å². The Morgan fingerprint density at radius 3 is 1.94 bits per heavy atom. The Morgan fingerprint density at radius 1 is 0.781 bits per heavy atom. The largest absolute Gasteiger partial charge is 0.193 e. The van der Waals surface area contributed by atoms with Crippen LogP contribution in [-0.2, 0) is 28.1 Å². The van der Waals surface area contributed by atoms with Gasteiger partial charge in [0.1, 0.15) is 11.2 Å². The molecule has 32 heavy (non-hydrogen) atoms. The van der Waals surface area contributed by atoms with Gasteiger partial charge in [-0.1, -0.05) is 82.5 Å². The summed E-state index contributed by atoms with van der Waals surface area (Å²) in [4.78, 5) is 0. The van der Waals surface area contributed by atoms with Crippen molar-refractivity contribution in [2.45, 2.75) is 54.4 Å². The van der Waals surface area contributed by atoms with Gasteiger partial charge in [0.15, 0.2) is 12.7 Å². The summed E-state index contributed by atoms with van der Waals surface area (Å²) in [5.41, 5.74) is 8.89. The molecule has 0 N–H and O–H groups in total. The number of fused-ring (bicyclic) bond motifs is 1. The molecule has 1 aromatic heterocycles. The summed E-state index contributed by atoms with van der Waals surface area (Å²) in [7, 11) is 2.17. The third-order valence-electron chi connectivity index (χ3n) is 5.88. The first-order valence-corrected chi connectivity index (χ1v) is 11.4. The normalized spacial score (nSPS) is 10.3. The van der Waals surface area contributed by atoms with Gasteiger partial charge in [0.2, 0.25) is 0 Å². The van der Waals surface area contributed by atoms with Gasteiger partial charge in [-0.15, -0.1) is 21.5 Å². The van der Waals surface area contributed by atoms with Crippen LogP contribution in [0.5, 0.6) is 0 Å². The second-order valence-corrected chi connectivity index (χ2v) is 8.49. The van der Waals surface area contributed by atoms with Crippen molar-refractivity contribution in [3.05, 3.63) is 89.3 Å². The fourth-order valence-corrected chi connectivity index (χ4v) is 4.15. The molecule has 3 aromatic carbocycles. The number of para-hydroxylation sites is 2. The Morgan fingerprint density at radius 2 is 1.34 bits per heavy atom. The molecule has 0 fully saturated rings. The molecule has 4 rings (SSSR count). The Labute approximate surface area is 208 Å². The minimum atomic E-state index is 0. The van der Waals surface area contributed by atoms with E-state index in [0.717, 1.165) is 0 Å². The molecule has 0 spiro atoms. The number of aromatic nitrogens is 2. The molecule has 0 saturated carbocycles. The molecule has 0 amide bonds. The molecule has 2 nitrogen and oxygen atoms in total. The molecule has 0 unspecified atom stereocenters. The molecule has 0 aliphatic carbocycles. The molecule has 0 aliphatic rings. The van der Waals surface area contributed by atoms with E-state index in [1.54, 1.807) is 0 Å². The molecule has 0 atom stereocenters. The minimum Gasteiger partial charge on any atom is -0.176 e. The van der Waals surface area contributed by atoms with Crippen molar-refractivity contribution < 1.29 is 25.7 Å². The maximum atomic E-state index is 2.36. The number of aryl methyl sites for hydroxylation is 2. The zero-order valence-electron chi connectivity index (χ0n) is 20.5. The maximum Gasteiger partial charge on any atom is 0.193 e. The van der Waals surface area contributed by atoms with Gasteiger partial charge in [0.25, 0.3) is 0 Å². The summed E-state index contributed by atoms with van der Waals surface area (Å²) >= 11 is 0. The number of hydrogen-bond acceptors (Lipinski definition) is 0. The van der Waals surface area contributed by atoms with Crippen LogP contribution in [0.2, 0.25) is 0 Å². The van der Waals surface area contributed by atoms with Gasteiger partial charge in [0, 0.05) is 21.1 Å². The van der Waals surface area contributed by atoms with E-state index in [2.05, 4.69) is 125 Å². The third-order valence-corrected chi connectivity index (χ3v) is 5.88. The van der Waals surface area contributed by atoms with E-state index in [1.807, 2.05) is 0 Å². The molecular weight excluding hydrogens is 571 g/mol. The second kappa shape index (κ2) is 11.5. The molecule has 1 heterocycles. The summed E-state index contributed by atoms with van der Waals surface area (Å²) in [5, 5.41) is 1.27. The summed E-state index contributed by atoms with van der Waals surface area (Å²) in [6.07, 6.45) is 2.64. The van der Waals surface area contributed by atoms with E-state index >= 15 is 0 Å². The van der Waals surface area contributed by atoms with E-state index in [0.29, 0.717) is 0 Å². The smallest absolute Gasteiger partial charge is 0.176 e. The standard InChI is InChI=1S/C25H26N2.C4H10.Pt/c1-17(2)20-13-6-7-14-21(20)25-22-15-8-9-16-23(22)27(26(25)5)24-18(3)11-10-12-19(24)4;1-3-4-2;/h6-16H,1-5H3;3-4H2,1-2H3;. The van der Waals surface area contributed by atoms with Crippen LogP contribution in [-0.4, -0.2) is 4.68 Å². The second-order valence-electron chi connectivity index (χ2n) is 8.49. The van der Waals surface area contributed by atoms with Crippen molar-refractivity contribution in [3.63, 3.8) is 0 Å². The SMILES string of the molecule is CCCC.Cc1cccc(C)c1-n1c2ccccc2c(-c2ccccc2[C-](C)C)[n+]1C.[Pt]. The fraction of sp³-hybridized carbons (Fsp3) is 0.310. The monoisotopic (exact) mass is 607 g/mol. The molecule has 172 valence electrons. The molecule has 3 heteroatoms. The van der Waals surface area contributed by atoms with Crippen molar-refractivity contribution in [1.29, 1.82) is 0 Å². The van der Waals surface area contributed by atoms with E-state index in [9.17, 15) is 0 Å². The number of rotatable bonds is 4. The molecular formula is C29H36N2Pt. The molecule has 0 aliphatic heterocycles. The zero-order chi connectivity index (χ0) is 22.5. The third kappa shape index (κ3) is 5.02. The fourth-order valence-electron chi connectivity index (χ4n) is 4.15. The van der Waals surface area contributed by atoms with E-state index in [4.69, 9.17) is 0 Å². The van der Waals surface area contributed by atoms with Gasteiger partial charge < -0.3 is 0 Å². The van der Waals surface area contributed by atoms with E-state index in [1.165, 1.54) is 63.3 Å². The van der Waals surface area contributed by atoms with Gasteiger partial charge in [-0.05, 0) is 37.1 Å². The van der Waals surface area contributed by atoms with Crippen molar-refractivity contribution in [2.75, 3.05) is 0 Å². The molecule has 4 aromatic rings. The minimum absolute atomic E-state index is 0. The zero-order valence-corrected chi connectivity index (χ0v) is 22.7. The topological polar surface area (TPSA) is 8.81 Å². The predicted octanol–water partition coefficient (Wildman–Crippen LogP) is 7.51. The van der Waals surface area contributed by atoms with Gasteiger partial charge in [-0.25, -0.2) is 0 Å². The average Bonchev–Trinajstić information content (AvgIpc) is 3.05. The van der Waals surface area contributed by atoms with Crippen LogP contribution in [0.3, 0.4) is 0 Å². The maximum absolute atomic E-state index is 2.36. The molecule has 0 bridgehead atoms. The van der Waals surface area contributed by atoms with Crippen molar-refractivity contribution in [3.8, 4) is 16.9 Å². The summed E-state index contributed by atoms with van der Waals surface area (Å²) < 4.78 is 4.67. The first kappa shape index (κ1) is 25.9. The van der Waals surface area contributed by atoms with Gasteiger partial charge in [0.05, 0.1) is 5.39 Å². The molecule has 0 saturated heterocycles. The quantitative estimate of drug-likeness (QED) is 0.168. The average molecular weight is 608 g/mol. The van der Waals surface area contributed by atoms with Gasteiger partial charge >= 0.3 is 0 Å². The molecule has 0 radical (unpaired) electrons. The van der Waals surface area contributed by atoms with Crippen LogP contribution in [0.15, 0.2) is 66.7 Å². The van der Waals surface area contributed by atoms with Crippen LogP contribution in [0.25, 0.3) is 27.8 Å². The Bertz CT molecular complexity index is 1150. The van der Waals surface area contributed by atoms with Gasteiger partial charge in [-0.2, -0.15) is 17.5 Å². The Hall–Kier alpha value is -2.31. The van der Waals surface area contributed by atoms with Crippen molar-refractivity contribution in [2.24, 2.45) is 7.05 Å². The van der Waals surface area contributed by atoms with Gasteiger partial charge in [-0.3, -0.25) is 0 Å². The first-order valence-electron chi connectivity index (χ1n) is 11.4. The van der Waals surface area contributed by atoms with Crippen molar-refractivity contribution >= 4 is 10.9 Å². The van der Waals surface area contributed by atoms with Crippen molar-refractivity contribution in [1.82, 2.24) is 4.68 Å². The predicted molar refractivity (Wildman–Crippen MR) is 134 cm³/mol. The first-order chi connectivity index (χ1) is 14.9. The number of hydrogen-bond donors (Lipinski definition) is 0. The Kier molecular flexibility index (Phi) is 9.34. The summed E-state index contributed by atoms with van der Waals surface area (Å²) in [6.45, 7) is 13.1. The van der Waals surface area contributed by atoms with Crippen LogP contribution >= 0.6 is 0 Å². The number of nitrogens with zero attached hydrogens (tertiary/aromatic N) is 2. The van der Waals surface area contributed by atoms with Crippen LogP contribution in [0.4, 0.5) is 0 Å². The van der Waals surface area contributed by atoms with Crippen LogP contribution in [0, 0.1) is 19.8 Å². The van der Waals surface area contributed by atoms with E-state index < -0.39 is 0 Å². The van der Waals surface area contributed by atoms with E-state index in [-0.39, 0.29) is 21.1 Å². The Balaban J connectivity index is 0.000000672. The summed E-state index contributed by atoms with van der Waals surface area (Å²) in [6, 6.07) is 23.9. The van der Waals surface area contributed by atoms with Crippen LogP contribution in [0.1, 0.15) is 57.2 Å². The number of benzene rings is 3. The number of unbranched alkanes of at least 4 members (excludes halogenated alkanes) is 1.